The maximum atomic E-state index is 11.6. The molecule has 1 fully saturated rings. The molecule has 0 aromatic heterocycles. The number of rotatable bonds is 5. The van der Waals surface area contributed by atoms with Crippen molar-refractivity contribution in [1.29, 1.82) is 0 Å². The standard InChI is InChI=1S/C19H21NO3/c1-2-22-19(21)20-13-17(14-20)23-18(15-9-5-3-6-10-15)16-11-7-4-8-12-16/h3-12,17-18H,2,13-14H2,1H3. The van der Waals surface area contributed by atoms with Gasteiger partial charge in [0.25, 0.3) is 0 Å². The second kappa shape index (κ2) is 7.29. The average Bonchev–Trinajstić information content (AvgIpc) is 2.55. The van der Waals surface area contributed by atoms with Crippen LogP contribution in [0, 0.1) is 0 Å². The summed E-state index contributed by atoms with van der Waals surface area (Å²) in [6.45, 7) is 3.37. The number of hydrogen-bond donors (Lipinski definition) is 0. The predicted molar refractivity (Wildman–Crippen MR) is 88.2 cm³/mol. The van der Waals surface area contributed by atoms with Crippen LogP contribution in [-0.4, -0.2) is 36.8 Å². The van der Waals surface area contributed by atoms with Gasteiger partial charge in [0, 0.05) is 0 Å². The van der Waals surface area contributed by atoms with E-state index in [-0.39, 0.29) is 18.3 Å². The molecule has 1 amide bonds. The molecule has 0 aliphatic carbocycles. The molecule has 3 rings (SSSR count). The van der Waals surface area contributed by atoms with E-state index in [0.717, 1.165) is 11.1 Å². The lowest BCUT2D eigenvalue weighted by molar-refractivity contribution is -0.0744. The molecule has 0 bridgehead atoms. The second-order valence-corrected chi connectivity index (χ2v) is 5.56. The highest BCUT2D eigenvalue weighted by molar-refractivity contribution is 5.68. The average molecular weight is 311 g/mol. The van der Waals surface area contributed by atoms with Gasteiger partial charge in [-0.2, -0.15) is 0 Å². The van der Waals surface area contributed by atoms with Crippen LogP contribution in [0.1, 0.15) is 24.2 Å². The molecule has 2 aromatic rings. The van der Waals surface area contributed by atoms with Crippen molar-refractivity contribution in [1.82, 2.24) is 4.90 Å². The minimum atomic E-state index is -0.261. The summed E-state index contributed by atoms with van der Waals surface area (Å²) >= 11 is 0. The van der Waals surface area contributed by atoms with Gasteiger partial charge in [-0.05, 0) is 18.1 Å². The van der Waals surface area contributed by atoms with Crippen LogP contribution in [0.15, 0.2) is 60.7 Å². The maximum absolute atomic E-state index is 11.6. The van der Waals surface area contributed by atoms with Crippen molar-refractivity contribution < 1.29 is 14.3 Å². The number of ether oxygens (including phenoxy) is 2. The van der Waals surface area contributed by atoms with Crippen LogP contribution in [0.2, 0.25) is 0 Å². The summed E-state index contributed by atoms with van der Waals surface area (Å²) in [5.41, 5.74) is 2.24. The summed E-state index contributed by atoms with van der Waals surface area (Å²) in [7, 11) is 0. The molecule has 1 heterocycles. The first kappa shape index (κ1) is 15.6. The Balaban J connectivity index is 1.68. The van der Waals surface area contributed by atoms with Crippen LogP contribution in [0.25, 0.3) is 0 Å². The Labute approximate surface area is 136 Å². The van der Waals surface area contributed by atoms with Crippen molar-refractivity contribution >= 4 is 6.09 Å². The molecular formula is C19H21NO3. The van der Waals surface area contributed by atoms with Crippen molar-refractivity contribution in [2.75, 3.05) is 19.7 Å². The van der Waals surface area contributed by atoms with Crippen molar-refractivity contribution in [2.24, 2.45) is 0 Å². The molecule has 0 N–H and O–H groups in total. The zero-order valence-electron chi connectivity index (χ0n) is 13.2. The third kappa shape index (κ3) is 3.71. The molecule has 4 heteroatoms. The van der Waals surface area contributed by atoms with Gasteiger partial charge < -0.3 is 14.4 Å². The van der Waals surface area contributed by atoms with Gasteiger partial charge in [-0.3, -0.25) is 0 Å². The molecule has 1 saturated heterocycles. The van der Waals surface area contributed by atoms with Crippen LogP contribution in [0.3, 0.4) is 0 Å². The monoisotopic (exact) mass is 311 g/mol. The molecular weight excluding hydrogens is 290 g/mol. The molecule has 0 saturated carbocycles. The minimum Gasteiger partial charge on any atom is -0.450 e. The van der Waals surface area contributed by atoms with Crippen LogP contribution in [-0.2, 0) is 9.47 Å². The lowest BCUT2D eigenvalue weighted by Crippen LogP contribution is -2.55. The van der Waals surface area contributed by atoms with Crippen molar-refractivity contribution in [3.63, 3.8) is 0 Å². The first-order valence-corrected chi connectivity index (χ1v) is 7.95. The first-order chi connectivity index (χ1) is 11.3. The van der Waals surface area contributed by atoms with Crippen LogP contribution in [0.5, 0.6) is 0 Å². The van der Waals surface area contributed by atoms with E-state index in [9.17, 15) is 4.79 Å². The van der Waals surface area contributed by atoms with E-state index < -0.39 is 0 Å². The molecule has 1 aliphatic heterocycles. The Kier molecular flexibility index (Phi) is 4.93. The Hall–Kier alpha value is -2.33. The molecule has 0 unspecified atom stereocenters. The summed E-state index contributed by atoms with van der Waals surface area (Å²) < 4.78 is 11.3. The number of nitrogens with zero attached hydrogens (tertiary/aromatic N) is 1. The fourth-order valence-corrected chi connectivity index (χ4v) is 2.69. The number of carbonyl (C=O) groups excluding carboxylic acids is 1. The molecule has 120 valence electrons. The van der Waals surface area contributed by atoms with Gasteiger partial charge in [0.1, 0.15) is 6.10 Å². The SMILES string of the molecule is CCOC(=O)N1CC(OC(c2ccccc2)c2ccccc2)C1. The smallest absolute Gasteiger partial charge is 0.409 e. The lowest BCUT2D eigenvalue weighted by atomic mass is 10.0. The van der Waals surface area contributed by atoms with Gasteiger partial charge in [-0.1, -0.05) is 60.7 Å². The van der Waals surface area contributed by atoms with Crippen molar-refractivity contribution in [3.05, 3.63) is 71.8 Å². The molecule has 0 radical (unpaired) electrons. The summed E-state index contributed by atoms with van der Waals surface area (Å²) in [5.74, 6) is 0. The molecule has 1 aliphatic rings. The molecule has 0 atom stereocenters. The van der Waals surface area contributed by atoms with E-state index in [1.165, 1.54) is 0 Å². The van der Waals surface area contributed by atoms with Gasteiger partial charge in [-0.25, -0.2) is 4.79 Å². The quantitative estimate of drug-likeness (QED) is 0.846. The number of benzene rings is 2. The third-order valence-corrected chi connectivity index (χ3v) is 3.91. The Morgan fingerprint density at radius 2 is 1.57 bits per heavy atom. The van der Waals surface area contributed by atoms with E-state index in [0.29, 0.717) is 19.7 Å². The predicted octanol–water partition coefficient (Wildman–Crippen LogP) is 3.63. The van der Waals surface area contributed by atoms with Gasteiger partial charge in [0.15, 0.2) is 0 Å². The number of amides is 1. The minimum absolute atomic E-state index is 0.0322. The van der Waals surface area contributed by atoms with E-state index in [4.69, 9.17) is 9.47 Å². The molecule has 2 aromatic carbocycles. The Bertz CT molecular complexity index is 584. The van der Waals surface area contributed by atoms with Crippen molar-refractivity contribution in [3.8, 4) is 0 Å². The topological polar surface area (TPSA) is 38.8 Å². The van der Waals surface area contributed by atoms with Gasteiger partial charge >= 0.3 is 6.09 Å². The number of carbonyl (C=O) groups is 1. The van der Waals surface area contributed by atoms with Gasteiger partial charge in [0.2, 0.25) is 0 Å². The number of likely N-dealkylation sites (tertiary alicyclic amines) is 1. The summed E-state index contributed by atoms with van der Waals surface area (Å²) in [5, 5.41) is 0. The largest absolute Gasteiger partial charge is 0.450 e. The van der Waals surface area contributed by atoms with Crippen LogP contribution in [0.4, 0.5) is 4.79 Å². The summed E-state index contributed by atoms with van der Waals surface area (Å²) in [6, 6.07) is 20.3. The zero-order chi connectivity index (χ0) is 16.1. The fraction of sp³-hybridized carbons (Fsp3) is 0.316. The number of hydrogen-bond acceptors (Lipinski definition) is 3. The summed E-state index contributed by atoms with van der Waals surface area (Å²) in [6.07, 6.45) is -0.347. The molecule has 23 heavy (non-hydrogen) atoms. The Morgan fingerprint density at radius 3 is 2.04 bits per heavy atom. The summed E-state index contributed by atoms with van der Waals surface area (Å²) in [4.78, 5) is 13.3. The molecule has 0 spiro atoms. The fourth-order valence-electron chi connectivity index (χ4n) is 2.69. The normalized spacial score (nSPS) is 14.6. The molecule has 4 nitrogen and oxygen atoms in total. The second-order valence-electron chi connectivity index (χ2n) is 5.56. The van der Waals surface area contributed by atoms with E-state index >= 15 is 0 Å². The lowest BCUT2D eigenvalue weighted by Gasteiger charge is -2.39. The maximum Gasteiger partial charge on any atom is 0.409 e. The zero-order valence-corrected chi connectivity index (χ0v) is 13.2. The van der Waals surface area contributed by atoms with Gasteiger partial charge in [0.05, 0.1) is 25.8 Å². The highest BCUT2D eigenvalue weighted by atomic mass is 16.6. The van der Waals surface area contributed by atoms with E-state index in [2.05, 4.69) is 24.3 Å². The highest BCUT2D eigenvalue weighted by Gasteiger charge is 2.34. The third-order valence-electron chi connectivity index (χ3n) is 3.91. The first-order valence-electron chi connectivity index (χ1n) is 7.95. The van der Waals surface area contributed by atoms with Crippen molar-refractivity contribution in [2.45, 2.75) is 19.1 Å². The van der Waals surface area contributed by atoms with Crippen LogP contribution < -0.4 is 0 Å². The Morgan fingerprint density at radius 1 is 1.04 bits per heavy atom. The van der Waals surface area contributed by atoms with Gasteiger partial charge in [-0.15, -0.1) is 0 Å². The van der Waals surface area contributed by atoms with E-state index in [1.807, 2.05) is 43.3 Å². The van der Waals surface area contributed by atoms with E-state index in [1.54, 1.807) is 4.90 Å². The highest BCUT2D eigenvalue weighted by Crippen LogP contribution is 2.29. The van der Waals surface area contributed by atoms with Crippen LogP contribution >= 0.6 is 0 Å².